The Morgan fingerprint density at radius 3 is 2.53 bits per heavy atom. The van der Waals surface area contributed by atoms with Crippen LogP contribution in [0.4, 0.5) is 5.95 Å². The zero-order valence-corrected chi connectivity index (χ0v) is 9.33. The molecule has 0 aromatic carbocycles. The van der Waals surface area contributed by atoms with Crippen LogP contribution in [0.25, 0.3) is 0 Å². The summed E-state index contributed by atoms with van der Waals surface area (Å²) in [6, 6.07) is 0.501. The Labute approximate surface area is 90.5 Å². The number of anilines is 1. The molecule has 2 N–H and O–H groups in total. The molecule has 0 bridgehead atoms. The maximum Gasteiger partial charge on any atom is 0.222 e. The van der Waals surface area contributed by atoms with Gasteiger partial charge in [0.05, 0.1) is 6.04 Å². The first-order valence-corrected chi connectivity index (χ1v) is 5.52. The molecule has 2 rings (SSSR count). The molecule has 1 aromatic heterocycles. The van der Waals surface area contributed by atoms with Gasteiger partial charge in [0.2, 0.25) is 5.95 Å². The smallest absolute Gasteiger partial charge is 0.222 e. The van der Waals surface area contributed by atoms with Gasteiger partial charge in [-0.05, 0) is 17.9 Å². The van der Waals surface area contributed by atoms with Crippen molar-refractivity contribution in [2.24, 2.45) is 5.92 Å². The number of nitrogens with zero attached hydrogens (tertiary/aromatic N) is 2. The molecule has 82 valence electrons. The number of hydrogen-bond donors (Lipinski definition) is 2. The van der Waals surface area contributed by atoms with E-state index in [9.17, 15) is 0 Å². The van der Waals surface area contributed by atoms with Crippen LogP contribution in [0.15, 0.2) is 12.4 Å². The number of nitrogens with one attached hydrogen (secondary N) is 2. The van der Waals surface area contributed by atoms with Crippen molar-refractivity contribution < 1.29 is 0 Å². The molecule has 15 heavy (non-hydrogen) atoms. The van der Waals surface area contributed by atoms with E-state index in [4.69, 9.17) is 0 Å². The summed E-state index contributed by atoms with van der Waals surface area (Å²) in [5, 5.41) is 6.48. The van der Waals surface area contributed by atoms with Gasteiger partial charge in [-0.3, -0.25) is 0 Å². The third-order valence-electron chi connectivity index (χ3n) is 2.46. The molecule has 0 spiro atoms. The van der Waals surface area contributed by atoms with Gasteiger partial charge in [-0.1, -0.05) is 13.8 Å². The maximum atomic E-state index is 4.30. The standard InChI is InChI=1S/C11H18N4/c1-8(2)3-9-4-13-11(14-5-9)15-10-6-12-7-10/h4-5,8,10,12H,3,6-7H2,1-2H3,(H,13,14,15). The fourth-order valence-corrected chi connectivity index (χ4v) is 1.58. The highest BCUT2D eigenvalue weighted by Gasteiger charge is 2.16. The van der Waals surface area contributed by atoms with E-state index in [-0.39, 0.29) is 0 Å². The Kier molecular flexibility index (Phi) is 3.16. The minimum absolute atomic E-state index is 0.501. The highest BCUT2D eigenvalue weighted by molar-refractivity contribution is 5.27. The highest BCUT2D eigenvalue weighted by Crippen LogP contribution is 2.08. The zero-order chi connectivity index (χ0) is 10.7. The fraction of sp³-hybridized carbons (Fsp3) is 0.636. The molecule has 0 radical (unpaired) electrons. The molecule has 4 heteroatoms. The van der Waals surface area contributed by atoms with Crippen LogP contribution in [-0.2, 0) is 6.42 Å². The number of aromatic nitrogens is 2. The third-order valence-corrected chi connectivity index (χ3v) is 2.46. The molecule has 2 heterocycles. The normalized spacial score (nSPS) is 16.5. The fourth-order valence-electron chi connectivity index (χ4n) is 1.58. The second-order valence-corrected chi connectivity index (χ2v) is 4.51. The van der Waals surface area contributed by atoms with Crippen LogP contribution in [0.3, 0.4) is 0 Å². The van der Waals surface area contributed by atoms with Crippen LogP contribution in [0.2, 0.25) is 0 Å². The summed E-state index contributed by atoms with van der Waals surface area (Å²) in [6.07, 6.45) is 4.88. The molecule has 1 aromatic rings. The third kappa shape index (κ3) is 2.89. The van der Waals surface area contributed by atoms with E-state index in [2.05, 4.69) is 34.4 Å². The molecule has 1 aliphatic rings. The second-order valence-electron chi connectivity index (χ2n) is 4.51. The lowest BCUT2D eigenvalue weighted by molar-refractivity contribution is 0.469. The van der Waals surface area contributed by atoms with Gasteiger partial charge in [0.15, 0.2) is 0 Å². The summed E-state index contributed by atoms with van der Waals surface area (Å²) in [6.45, 7) is 6.42. The summed E-state index contributed by atoms with van der Waals surface area (Å²) >= 11 is 0. The molecule has 0 saturated carbocycles. The monoisotopic (exact) mass is 206 g/mol. The van der Waals surface area contributed by atoms with Crippen molar-refractivity contribution in [1.82, 2.24) is 15.3 Å². The summed E-state index contributed by atoms with van der Waals surface area (Å²) < 4.78 is 0. The lowest BCUT2D eigenvalue weighted by Gasteiger charge is -2.27. The van der Waals surface area contributed by atoms with Crippen LogP contribution in [0.5, 0.6) is 0 Å². The van der Waals surface area contributed by atoms with Gasteiger partial charge < -0.3 is 10.6 Å². The van der Waals surface area contributed by atoms with Crippen LogP contribution in [-0.4, -0.2) is 29.1 Å². The first-order valence-electron chi connectivity index (χ1n) is 5.52. The summed E-state index contributed by atoms with van der Waals surface area (Å²) in [4.78, 5) is 8.61. The lowest BCUT2D eigenvalue weighted by atomic mass is 10.1. The minimum atomic E-state index is 0.501. The molecule has 1 aliphatic heterocycles. The Hall–Kier alpha value is -1.16. The largest absolute Gasteiger partial charge is 0.349 e. The average Bonchev–Trinajstić information content (AvgIpc) is 2.13. The molecule has 0 aliphatic carbocycles. The molecular weight excluding hydrogens is 188 g/mol. The van der Waals surface area contributed by atoms with Gasteiger partial charge in [0.25, 0.3) is 0 Å². The van der Waals surface area contributed by atoms with Gasteiger partial charge in [0, 0.05) is 25.5 Å². The molecule has 1 fully saturated rings. The topological polar surface area (TPSA) is 49.8 Å². The second kappa shape index (κ2) is 4.57. The Morgan fingerprint density at radius 1 is 1.40 bits per heavy atom. The Balaban J connectivity index is 1.91. The first kappa shape index (κ1) is 10.4. The SMILES string of the molecule is CC(C)Cc1cnc(NC2CNC2)nc1. The highest BCUT2D eigenvalue weighted by atomic mass is 15.2. The van der Waals surface area contributed by atoms with Crippen molar-refractivity contribution in [3.8, 4) is 0 Å². The van der Waals surface area contributed by atoms with E-state index in [0.717, 1.165) is 25.5 Å². The summed E-state index contributed by atoms with van der Waals surface area (Å²) in [5.74, 6) is 1.40. The van der Waals surface area contributed by atoms with Crippen molar-refractivity contribution in [1.29, 1.82) is 0 Å². The molecule has 0 atom stereocenters. The van der Waals surface area contributed by atoms with Crippen molar-refractivity contribution in [3.05, 3.63) is 18.0 Å². The summed E-state index contributed by atoms with van der Waals surface area (Å²) in [7, 11) is 0. The van der Waals surface area contributed by atoms with E-state index in [1.807, 2.05) is 12.4 Å². The number of hydrogen-bond acceptors (Lipinski definition) is 4. The van der Waals surface area contributed by atoms with Crippen LogP contribution < -0.4 is 10.6 Å². The minimum Gasteiger partial charge on any atom is -0.349 e. The van der Waals surface area contributed by atoms with Crippen LogP contribution in [0, 0.1) is 5.92 Å². The van der Waals surface area contributed by atoms with E-state index in [1.165, 1.54) is 5.56 Å². The first-order chi connectivity index (χ1) is 7.24. The Bertz CT molecular complexity index is 303. The summed E-state index contributed by atoms with van der Waals surface area (Å²) in [5.41, 5.74) is 1.21. The van der Waals surface area contributed by atoms with Crippen LogP contribution in [0.1, 0.15) is 19.4 Å². The van der Waals surface area contributed by atoms with Crippen molar-refractivity contribution in [2.45, 2.75) is 26.3 Å². The zero-order valence-electron chi connectivity index (χ0n) is 9.33. The maximum absolute atomic E-state index is 4.30. The van der Waals surface area contributed by atoms with E-state index in [1.54, 1.807) is 0 Å². The van der Waals surface area contributed by atoms with Gasteiger partial charge in [-0.15, -0.1) is 0 Å². The van der Waals surface area contributed by atoms with Crippen molar-refractivity contribution in [3.63, 3.8) is 0 Å². The van der Waals surface area contributed by atoms with Gasteiger partial charge in [-0.25, -0.2) is 9.97 Å². The Morgan fingerprint density at radius 2 is 2.07 bits per heavy atom. The molecular formula is C11H18N4. The van der Waals surface area contributed by atoms with E-state index >= 15 is 0 Å². The number of rotatable bonds is 4. The van der Waals surface area contributed by atoms with Gasteiger partial charge >= 0.3 is 0 Å². The van der Waals surface area contributed by atoms with Crippen molar-refractivity contribution >= 4 is 5.95 Å². The molecule has 0 unspecified atom stereocenters. The molecule has 0 amide bonds. The average molecular weight is 206 g/mol. The predicted octanol–water partition coefficient (Wildman–Crippen LogP) is 1.06. The van der Waals surface area contributed by atoms with Crippen molar-refractivity contribution in [2.75, 3.05) is 18.4 Å². The van der Waals surface area contributed by atoms with Crippen LogP contribution >= 0.6 is 0 Å². The predicted molar refractivity (Wildman–Crippen MR) is 60.9 cm³/mol. The van der Waals surface area contributed by atoms with Gasteiger partial charge in [0.1, 0.15) is 0 Å². The van der Waals surface area contributed by atoms with Gasteiger partial charge in [-0.2, -0.15) is 0 Å². The van der Waals surface area contributed by atoms with E-state index in [0.29, 0.717) is 12.0 Å². The molecule has 1 saturated heterocycles. The van der Waals surface area contributed by atoms with E-state index < -0.39 is 0 Å². The molecule has 4 nitrogen and oxygen atoms in total. The lowest BCUT2D eigenvalue weighted by Crippen LogP contribution is -2.51. The quantitative estimate of drug-likeness (QED) is 0.773.